The van der Waals surface area contributed by atoms with Crippen molar-refractivity contribution in [2.75, 3.05) is 36.4 Å². The van der Waals surface area contributed by atoms with Gasteiger partial charge in [0, 0.05) is 38.5 Å². The normalized spacial score (nSPS) is 17.3. The van der Waals surface area contributed by atoms with Crippen LogP contribution in [0.3, 0.4) is 0 Å². The van der Waals surface area contributed by atoms with Crippen molar-refractivity contribution in [1.82, 2.24) is 4.90 Å². The Balaban J connectivity index is 1.30. The van der Waals surface area contributed by atoms with Gasteiger partial charge in [-0.05, 0) is 62.3 Å². The van der Waals surface area contributed by atoms with E-state index in [9.17, 15) is 14.0 Å². The van der Waals surface area contributed by atoms with Gasteiger partial charge in [0.1, 0.15) is 5.82 Å². The van der Waals surface area contributed by atoms with Crippen LogP contribution in [0.5, 0.6) is 0 Å². The molecule has 2 fully saturated rings. The number of halogens is 1. The molecule has 0 radical (unpaired) electrons. The van der Waals surface area contributed by atoms with Crippen LogP contribution >= 0.6 is 0 Å². The van der Waals surface area contributed by atoms with Gasteiger partial charge in [-0.2, -0.15) is 0 Å². The van der Waals surface area contributed by atoms with Crippen molar-refractivity contribution < 1.29 is 14.0 Å². The fourth-order valence-electron chi connectivity index (χ4n) is 4.70. The molecule has 2 aromatic rings. The molecule has 2 aliphatic heterocycles. The molecule has 6 heteroatoms. The molecule has 0 aliphatic carbocycles. The first kappa shape index (κ1) is 22.3. The van der Waals surface area contributed by atoms with Gasteiger partial charge in [-0.1, -0.05) is 30.3 Å². The van der Waals surface area contributed by atoms with E-state index in [0.29, 0.717) is 38.0 Å². The monoisotopic (exact) mass is 437 g/mol. The van der Waals surface area contributed by atoms with E-state index in [-0.39, 0.29) is 23.5 Å². The third kappa shape index (κ3) is 5.67. The standard InChI is InChI=1S/C26H32FN3O2/c27-22-10-11-24(29-15-5-2-6-16-29)23(19-22)28-26(32)21-13-17-30(18-14-21)25(31)12-9-20-7-3-1-4-8-20/h1,3-4,7-8,10-11,19,21H,2,5-6,9,12-18H2,(H,28,32). The van der Waals surface area contributed by atoms with Gasteiger partial charge in [0.15, 0.2) is 0 Å². The predicted molar refractivity (Wildman–Crippen MR) is 125 cm³/mol. The van der Waals surface area contributed by atoms with Gasteiger partial charge in [0.2, 0.25) is 11.8 Å². The highest BCUT2D eigenvalue weighted by atomic mass is 19.1. The summed E-state index contributed by atoms with van der Waals surface area (Å²) in [5.41, 5.74) is 2.61. The molecule has 0 spiro atoms. The van der Waals surface area contributed by atoms with Gasteiger partial charge in [0.25, 0.3) is 0 Å². The number of rotatable bonds is 6. The van der Waals surface area contributed by atoms with Crippen LogP contribution in [-0.2, 0) is 16.0 Å². The van der Waals surface area contributed by atoms with Crippen LogP contribution < -0.4 is 10.2 Å². The zero-order valence-corrected chi connectivity index (χ0v) is 18.6. The molecule has 0 bridgehead atoms. The average molecular weight is 438 g/mol. The number of benzene rings is 2. The molecule has 32 heavy (non-hydrogen) atoms. The van der Waals surface area contributed by atoms with Crippen molar-refractivity contribution >= 4 is 23.2 Å². The number of anilines is 2. The third-order valence-corrected chi connectivity index (χ3v) is 6.60. The van der Waals surface area contributed by atoms with Crippen molar-refractivity contribution in [2.45, 2.75) is 44.9 Å². The quantitative estimate of drug-likeness (QED) is 0.717. The van der Waals surface area contributed by atoms with Gasteiger partial charge in [0.05, 0.1) is 11.4 Å². The van der Waals surface area contributed by atoms with Crippen LogP contribution in [-0.4, -0.2) is 42.9 Å². The van der Waals surface area contributed by atoms with Crippen LogP contribution in [0.2, 0.25) is 0 Å². The molecule has 170 valence electrons. The maximum atomic E-state index is 13.9. The molecule has 2 heterocycles. The topological polar surface area (TPSA) is 52.7 Å². The molecule has 4 rings (SSSR count). The summed E-state index contributed by atoms with van der Waals surface area (Å²) in [6.45, 7) is 3.04. The molecule has 2 aromatic carbocycles. The number of hydrogen-bond donors (Lipinski definition) is 1. The molecule has 5 nitrogen and oxygen atoms in total. The second-order valence-corrected chi connectivity index (χ2v) is 8.84. The van der Waals surface area contributed by atoms with Crippen LogP contribution in [0.15, 0.2) is 48.5 Å². The van der Waals surface area contributed by atoms with Crippen molar-refractivity contribution in [3.05, 3.63) is 59.9 Å². The molecular weight excluding hydrogens is 405 g/mol. The summed E-state index contributed by atoms with van der Waals surface area (Å²) in [5.74, 6) is -0.444. The van der Waals surface area contributed by atoms with E-state index >= 15 is 0 Å². The van der Waals surface area contributed by atoms with E-state index in [2.05, 4.69) is 10.2 Å². The average Bonchev–Trinajstić information content (AvgIpc) is 2.84. The first-order valence-electron chi connectivity index (χ1n) is 11.8. The molecule has 0 atom stereocenters. The van der Waals surface area contributed by atoms with Gasteiger partial charge in [-0.25, -0.2) is 4.39 Å². The van der Waals surface area contributed by atoms with E-state index < -0.39 is 0 Å². The van der Waals surface area contributed by atoms with Crippen LogP contribution in [0, 0.1) is 11.7 Å². The Morgan fingerprint density at radius 2 is 1.66 bits per heavy atom. The molecule has 2 saturated heterocycles. The Hall–Kier alpha value is -2.89. The van der Waals surface area contributed by atoms with E-state index in [1.54, 1.807) is 6.07 Å². The Kier molecular flexibility index (Phi) is 7.40. The predicted octanol–water partition coefficient (Wildman–Crippen LogP) is 4.63. The fourth-order valence-corrected chi connectivity index (χ4v) is 4.70. The highest BCUT2D eigenvalue weighted by Gasteiger charge is 2.28. The second kappa shape index (κ2) is 10.6. The minimum Gasteiger partial charge on any atom is -0.370 e. The molecule has 0 unspecified atom stereocenters. The molecule has 0 saturated carbocycles. The number of piperidine rings is 2. The number of carbonyl (C=O) groups excluding carboxylic acids is 2. The number of aryl methyl sites for hydroxylation is 1. The van der Waals surface area contributed by atoms with Crippen LogP contribution in [0.4, 0.5) is 15.8 Å². The van der Waals surface area contributed by atoms with Gasteiger partial charge < -0.3 is 15.1 Å². The van der Waals surface area contributed by atoms with Crippen molar-refractivity contribution in [3.8, 4) is 0 Å². The number of hydrogen-bond acceptors (Lipinski definition) is 3. The lowest BCUT2D eigenvalue weighted by molar-refractivity contribution is -0.134. The first-order valence-corrected chi connectivity index (χ1v) is 11.8. The summed E-state index contributed by atoms with van der Waals surface area (Å²) in [4.78, 5) is 29.6. The van der Waals surface area contributed by atoms with Crippen molar-refractivity contribution in [3.63, 3.8) is 0 Å². The van der Waals surface area contributed by atoms with Crippen LogP contribution in [0.1, 0.15) is 44.1 Å². The summed E-state index contributed by atoms with van der Waals surface area (Å²) in [7, 11) is 0. The lowest BCUT2D eigenvalue weighted by Gasteiger charge is -2.33. The van der Waals surface area contributed by atoms with E-state index in [4.69, 9.17) is 0 Å². The lowest BCUT2D eigenvalue weighted by atomic mass is 9.95. The molecule has 2 amide bonds. The Bertz CT molecular complexity index is 920. The summed E-state index contributed by atoms with van der Waals surface area (Å²) < 4.78 is 13.9. The van der Waals surface area contributed by atoms with Crippen LogP contribution in [0.25, 0.3) is 0 Å². The van der Waals surface area contributed by atoms with Crippen molar-refractivity contribution in [1.29, 1.82) is 0 Å². The largest absolute Gasteiger partial charge is 0.370 e. The van der Waals surface area contributed by atoms with Crippen molar-refractivity contribution in [2.24, 2.45) is 5.92 Å². The van der Waals surface area contributed by atoms with E-state index in [1.807, 2.05) is 35.2 Å². The first-order chi connectivity index (χ1) is 15.6. The zero-order chi connectivity index (χ0) is 22.3. The maximum absolute atomic E-state index is 13.9. The minimum atomic E-state index is -0.347. The fraction of sp³-hybridized carbons (Fsp3) is 0.462. The summed E-state index contributed by atoms with van der Waals surface area (Å²) in [5, 5.41) is 2.99. The number of nitrogens with zero attached hydrogens (tertiary/aromatic N) is 2. The third-order valence-electron chi connectivity index (χ3n) is 6.60. The number of carbonyl (C=O) groups is 2. The SMILES string of the molecule is O=C(Nc1cc(F)ccc1N1CCCCC1)C1CCN(C(=O)CCc2ccccc2)CC1. The Morgan fingerprint density at radius 1 is 0.938 bits per heavy atom. The van der Waals surface area contributed by atoms with Gasteiger partial charge >= 0.3 is 0 Å². The summed E-state index contributed by atoms with van der Waals surface area (Å²) in [6, 6.07) is 14.7. The Labute approximate surface area is 189 Å². The lowest BCUT2D eigenvalue weighted by Crippen LogP contribution is -2.41. The maximum Gasteiger partial charge on any atom is 0.227 e. The number of likely N-dealkylation sites (tertiary alicyclic amines) is 1. The second-order valence-electron chi connectivity index (χ2n) is 8.84. The van der Waals surface area contributed by atoms with Gasteiger partial charge in [-0.3, -0.25) is 9.59 Å². The number of amides is 2. The van der Waals surface area contributed by atoms with E-state index in [0.717, 1.165) is 43.6 Å². The van der Waals surface area contributed by atoms with E-state index in [1.165, 1.54) is 18.6 Å². The zero-order valence-electron chi connectivity index (χ0n) is 18.6. The Morgan fingerprint density at radius 3 is 2.38 bits per heavy atom. The number of nitrogens with one attached hydrogen (secondary N) is 1. The molecule has 0 aromatic heterocycles. The van der Waals surface area contributed by atoms with Gasteiger partial charge in [-0.15, -0.1) is 0 Å². The molecule has 1 N–H and O–H groups in total. The summed E-state index contributed by atoms with van der Waals surface area (Å²) in [6.07, 6.45) is 5.93. The highest BCUT2D eigenvalue weighted by molar-refractivity contribution is 5.96. The summed E-state index contributed by atoms with van der Waals surface area (Å²) >= 11 is 0. The molecular formula is C26H32FN3O2. The minimum absolute atomic E-state index is 0.0785. The smallest absolute Gasteiger partial charge is 0.227 e. The molecule has 2 aliphatic rings. The highest BCUT2D eigenvalue weighted by Crippen LogP contribution is 2.30.